The van der Waals surface area contributed by atoms with Crippen molar-refractivity contribution in [3.63, 3.8) is 0 Å². The number of ether oxygens (including phenoxy) is 1. The van der Waals surface area contributed by atoms with Crippen molar-refractivity contribution in [2.75, 3.05) is 19.0 Å². The lowest BCUT2D eigenvalue weighted by atomic mass is 10.1. The number of nitrogens with zero attached hydrogens (tertiary/aromatic N) is 2. The summed E-state index contributed by atoms with van der Waals surface area (Å²) in [5.74, 6) is -0.587. The van der Waals surface area contributed by atoms with Crippen LogP contribution in [0.3, 0.4) is 0 Å². The number of anilines is 1. The highest BCUT2D eigenvalue weighted by molar-refractivity contribution is 6.33. The number of aliphatic hydroxyl groups is 1. The predicted molar refractivity (Wildman–Crippen MR) is 111 cm³/mol. The molecule has 0 bridgehead atoms. The van der Waals surface area contributed by atoms with E-state index < -0.39 is 11.5 Å². The number of nitrogens with one attached hydrogen (secondary N) is 1. The Hall–Kier alpha value is -3.16. The van der Waals surface area contributed by atoms with Gasteiger partial charge in [0.1, 0.15) is 5.02 Å². The summed E-state index contributed by atoms with van der Waals surface area (Å²) in [6.07, 6.45) is 1.94. The summed E-state index contributed by atoms with van der Waals surface area (Å²) in [5, 5.41) is 16.8. The first kappa shape index (κ1) is 20.6. The van der Waals surface area contributed by atoms with Gasteiger partial charge in [-0.1, -0.05) is 54.1 Å². The monoisotopic (exact) mass is 413 g/mol. The summed E-state index contributed by atoms with van der Waals surface area (Å²) in [5.41, 5.74) is 1.20. The maximum Gasteiger partial charge on any atom is 0.340 e. The molecule has 1 aromatic heterocycles. The number of carbonyl (C=O) groups excluding carboxylic acids is 1. The topological polar surface area (TPSA) is 93.5 Å². The van der Waals surface area contributed by atoms with Crippen LogP contribution in [0, 0.1) is 0 Å². The molecule has 0 aliphatic rings. The molecule has 2 aromatic carbocycles. The van der Waals surface area contributed by atoms with Crippen LogP contribution < -0.4 is 10.9 Å². The normalized spacial score (nSPS) is 11.7. The Balaban J connectivity index is 1.91. The number of hydrogen-bond donors (Lipinski definition) is 2. The van der Waals surface area contributed by atoms with Crippen LogP contribution in [0.4, 0.5) is 5.69 Å². The number of methoxy groups -OCH3 is 1. The predicted octanol–water partition coefficient (Wildman–Crippen LogP) is 2.69. The highest BCUT2D eigenvalue weighted by Crippen LogP contribution is 2.20. The Morgan fingerprint density at radius 3 is 2.59 bits per heavy atom. The molecule has 1 heterocycles. The second kappa shape index (κ2) is 9.36. The van der Waals surface area contributed by atoms with E-state index in [-0.39, 0.29) is 28.9 Å². The number of esters is 1. The number of aromatic nitrogens is 2. The molecule has 7 nitrogen and oxygen atoms in total. The van der Waals surface area contributed by atoms with Crippen LogP contribution in [0.1, 0.15) is 15.9 Å². The van der Waals surface area contributed by atoms with Crippen molar-refractivity contribution >= 4 is 23.3 Å². The largest absolute Gasteiger partial charge is 0.465 e. The number of carbonyl (C=O) groups is 1. The van der Waals surface area contributed by atoms with E-state index >= 15 is 0 Å². The lowest BCUT2D eigenvalue weighted by Crippen LogP contribution is -2.30. The van der Waals surface area contributed by atoms with E-state index in [0.29, 0.717) is 12.1 Å². The molecule has 8 heteroatoms. The molecule has 0 spiro atoms. The number of rotatable bonds is 7. The Labute approximate surface area is 172 Å². The van der Waals surface area contributed by atoms with Crippen molar-refractivity contribution in [3.05, 3.63) is 87.3 Å². The van der Waals surface area contributed by atoms with Crippen LogP contribution in [-0.2, 0) is 11.2 Å². The van der Waals surface area contributed by atoms with Crippen molar-refractivity contribution < 1.29 is 14.6 Å². The van der Waals surface area contributed by atoms with Gasteiger partial charge in [-0.25, -0.2) is 4.79 Å². The molecule has 29 heavy (non-hydrogen) atoms. The second-order valence-corrected chi connectivity index (χ2v) is 6.69. The van der Waals surface area contributed by atoms with E-state index in [9.17, 15) is 14.7 Å². The number of aliphatic hydroxyl groups excluding tert-OH is 1. The zero-order chi connectivity index (χ0) is 20.8. The van der Waals surface area contributed by atoms with E-state index in [1.165, 1.54) is 19.4 Å². The average Bonchev–Trinajstić information content (AvgIpc) is 2.76. The third-order valence-corrected chi connectivity index (χ3v) is 4.73. The molecular formula is C21H20ClN3O4. The first-order valence-corrected chi connectivity index (χ1v) is 9.29. The first-order chi connectivity index (χ1) is 14.0. The highest BCUT2D eigenvalue weighted by Gasteiger charge is 2.18. The minimum Gasteiger partial charge on any atom is -0.465 e. The van der Waals surface area contributed by atoms with Crippen molar-refractivity contribution in [1.82, 2.24) is 9.78 Å². The van der Waals surface area contributed by atoms with E-state index in [1.807, 2.05) is 30.3 Å². The van der Waals surface area contributed by atoms with Gasteiger partial charge in [0.15, 0.2) is 0 Å². The fraction of sp³-hybridized carbons (Fsp3) is 0.190. The van der Waals surface area contributed by atoms with Crippen molar-refractivity contribution in [1.29, 1.82) is 0 Å². The zero-order valence-corrected chi connectivity index (χ0v) is 16.5. The quantitative estimate of drug-likeness (QED) is 0.578. The van der Waals surface area contributed by atoms with E-state index in [4.69, 9.17) is 16.3 Å². The van der Waals surface area contributed by atoms with Crippen molar-refractivity contribution in [2.24, 2.45) is 0 Å². The van der Waals surface area contributed by atoms with Gasteiger partial charge in [-0.3, -0.25) is 4.79 Å². The summed E-state index contributed by atoms with van der Waals surface area (Å²) in [7, 11) is 1.26. The summed E-state index contributed by atoms with van der Waals surface area (Å²) in [6, 6.07) is 15.7. The Morgan fingerprint density at radius 1 is 1.21 bits per heavy atom. The molecule has 0 aliphatic heterocycles. The first-order valence-electron chi connectivity index (χ1n) is 8.92. The molecule has 1 atom stereocenters. The van der Waals surface area contributed by atoms with Crippen LogP contribution in [0.5, 0.6) is 0 Å². The maximum atomic E-state index is 12.8. The van der Waals surface area contributed by atoms with Gasteiger partial charge in [-0.2, -0.15) is 9.78 Å². The second-order valence-electron chi connectivity index (χ2n) is 6.31. The van der Waals surface area contributed by atoms with Gasteiger partial charge in [0, 0.05) is 0 Å². The molecule has 150 valence electrons. The molecule has 2 N–H and O–H groups in total. The lowest BCUT2D eigenvalue weighted by Gasteiger charge is -2.19. The number of halogens is 1. The van der Waals surface area contributed by atoms with Gasteiger partial charge in [-0.15, -0.1) is 0 Å². The molecule has 0 aliphatic carbocycles. The molecule has 0 saturated heterocycles. The Kier molecular flexibility index (Phi) is 6.64. The van der Waals surface area contributed by atoms with Gasteiger partial charge in [0.25, 0.3) is 5.56 Å². The van der Waals surface area contributed by atoms with Crippen LogP contribution in [-0.4, -0.2) is 40.6 Å². The zero-order valence-electron chi connectivity index (χ0n) is 15.7. The smallest absolute Gasteiger partial charge is 0.340 e. The molecule has 0 amide bonds. The minimum absolute atomic E-state index is 0.0915. The lowest BCUT2D eigenvalue weighted by molar-refractivity contribution is 0.0600. The fourth-order valence-corrected chi connectivity index (χ4v) is 3.11. The maximum absolute atomic E-state index is 12.8. The third-order valence-electron chi connectivity index (χ3n) is 4.36. The van der Waals surface area contributed by atoms with E-state index in [2.05, 4.69) is 10.4 Å². The fourth-order valence-electron chi connectivity index (χ4n) is 2.93. The minimum atomic E-state index is -0.593. The number of benzene rings is 2. The van der Waals surface area contributed by atoms with E-state index in [1.54, 1.807) is 18.2 Å². The molecule has 3 aromatic rings. The van der Waals surface area contributed by atoms with Gasteiger partial charge in [0.05, 0.1) is 42.9 Å². The summed E-state index contributed by atoms with van der Waals surface area (Å²) in [6.45, 7) is -0.153. The van der Waals surface area contributed by atoms with Gasteiger partial charge in [0.2, 0.25) is 0 Å². The number of para-hydroxylation sites is 1. The molecular weight excluding hydrogens is 394 g/mol. The summed E-state index contributed by atoms with van der Waals surface area (Å²) < 4.78 is 5.81. The summed E-state index contributed by atoms with van der Waals surface area (Å²) >= 11 is 6.28. The molecule has 0 radical (unpaired) electrons. The van der Waals surface area contributed by atoms with Crippen LogP contribution in [0.15, 0.2) is 65.6 Å². The standard InChI is InChI=1S/C21H20ClN3O4/c1-29-21(28)16-9-5-6-10-18(16)25-20(27)19(22)17(12-23-25)24-15(13-26)11-14-7-3-2-4-8-14/h2-10,12,15,24,26H,11,13H2,1H3. The van der Waals surface area contributed by atoms with Crippen molar-refractivity contribution in [3.8, 4) is 5.69 Å². The van der Waals surface area contributed by atoms with Crippen molar-refractivity contribution in [2.45, 2.75) is 12.5 Å². The number of hydrogen-bond acceptors (Lipinski definition) is 6. The molecule has 0 fully saturated rings. The molecule has 0 saturated carbocycles. The SMILES string of the molecule is COC(=O)c1ccccc1-n1ncc(NC(CO)Cc2ccccc2)c(Cl)c1=O. The molecule has 3 rings (SSSR count). The Morgan fingerprint density at radius 2 is 1.90 bits per heavy atom. The Bertz CT molecular complexity index is 1050. The average molecular weight is 414 g/mol. The highest BCUT2D eigenvalue weighted by atomic mass is 35.5. The third kappa shape index (κ3) is 4.64. The van der Waals surface area contributed by atoms with Crippen LogP contribution in [0.25, 0.3) is 5.69 Å². The van der Waals surface area contributed by atoms with Crippen LogP contribution >= 0.6 is 11.6 Å². The van der Waals surface area contributed by atoms with Gasteiger partial charge >= 0.3 is 5.97 Å². The van der Waals surface area contributed by atoms with Gasteiger partial charge < -0.3 is 15.2 Å². The van der Waals surface area contributed by atoms with E-state index in [0.717, 1.165) is 10.2 Å². The summed E-state index contributed by atoms with van der Waals surface area (Å²) in [4.78, 5) is 24.8. The molecule has 1 unspecified atom stereocenters. The van der Waals surface area contributed by atoms with Crippen LogP contribution in [0.2, 0.25) is 5.02 Å². The van der Waals surface area contributed by atoms with Gasteiger partial charge in [-0.05, 0) is 24.1 Å².